The van der Waals surface area contributed by atoms with Crippen LogP contribution in [-0.4, -0.2) is 32.1 Å². The van der Waals surface area contributed by atoms with E-state index < -0.39 is 11.9 Å². The van der Waals surface area contributed by atoms with Crippen molar-refractivity contribution in [2.24, 2.45) is 0 Å². The summed E-state index contributed by atoms with van der Waals surface area (Å²) in [7, 11) is 3.16. The molecule has 2 aromatic carbocycles. The monoisotopic (exact) mass is 461 g/mol. The Kier molecular flexibility index (Phi) is 6.77. The Hall–Kier alpha value is -3.54. The van der Waals surface area contributed by atoms with E-state index in [0.29, 0.717) is 41.2 Å². The number of ether oxygens (including phenoxy) is 3. The van der Waals surface area contributed by atoms with E-state index in [1.165, 1.54) is 0 Å². The van der Waals surface area contributed by atoms with E-state index in [9.17, 15) is 9.59 Å². The Balaban J connectivity index is 1.85. The van der Waals surface area contributed by atoms with Gasteiger partial charge in [0.25, 0.3) is 0 Å². The maximum Gasteiger partial charge on any atom is 0.337 e. The number of hydrogen-bond acceptors (Lipinski definition) is 6. The van der Waals surface area contributed by atoms with Crippen LogP contribution in [-0.2, 0) is 14.3 Å². The molecule has 0 bridgehead atoms. The van der Waals surface area contributed by atoms with E-state index in [-0.39, 0.29) is 17.8 Å². The summed E-state index contributed by atoms with van der Waals surface area (Å²) >= 11 is 0. The average molecular weight is 462 g/mol. The molecule has 178 valence electrons. The minimum Gasteiger partial charge on any atom is -0.497 e. The van der Waals surface area contributed by atoms with Crippen LogP contribution in [0.3, 0.4) is 0 Å². The number of carbonyl (C=O) groups is 2. The third-order valence-electron chi connectivity index (χ3n) is 6.41. The van der Waals surface area contributed by atoms with Crippen molar-refractivity contribution in [2.75, 3.05) is 14.2 Å². The number of ketones is 1. The van der Waals surface area contributed by atoms with E-state index >= 15 is 0 Å². The summed E-state index contributed by atoms with van der Waals surface area (Å²) in [6.07, 6.45) is 0.778. The quantitative estimate of drug-likeness (QED) is 0.609. The van der Waals surface area contributed by atoms with Crippen molar-refractivity contribution in [3.05, 3.63) is 82.2 Å². The van der Waals surface area contributed by atoms with Crippen LogP contribution in [0.4, 0.5) is 0 Å². The van der Waals surface area contributed by atoms with Crippen molar-refractivity contribution in [1.29, 1.82) is 0 Å². The zero-order chi connectivity index (χ0) is 24.4. The van der Waals surface area contributed by atoms with Gasteiger partial charge in [0.05, 0.1) is 31.8 Å². The molecule has 34 heavy (non-hydrogen) atoms. The molecule has 0 saturated heterocycles. The van der Waals surface area contributed by atoms with Crippen LogP contribution >= 0.6 is 0 Å². The molecule has 2 unspecified atom stereocenters. The van der Waals surface area contributed by atoms with Crippen molar-refractivity contribution in [2.45, 2.75) is 51.6 Å². The molecule has 0 spiro atoms. The first-order valence-electron chi connectivity index (χ1n) is 11.6. The van der Waals surface area contributed by atoms with Gasteiger partial charge in [0.2, 0.25) is 0 Å². The Bertz CT molecular complexity index is 1160. The summed E-state index contributed by atoms with van der Waals surface area (Å²) in [5, 5.41) is 3.38. The number of dihydropyridines is 1. The lowest BCUT2D eigenvalue weighted by Crippen LogP contribution is -2.36. The maximum absolute atomic E-state index is 13.7. The van der Waals surface area contributed by atoms with Crippen molar-refractivity contribution >= 4 is 11.8 Å². The largest absolute Gasteiger partial charge is 0.497 e. The Labute approximate surface area is 200 Å². The summed E-state index contributed by atoms with van der Waals surface area (Å²) in [4.78, 5) is 27.0. The molecule has 2 aromatic rings. The molecule has 0 fully saturated rings. The van der Waals surface area contributed by atoms with E-state index in [1.54, 1.807) is 20.3 Å². The summed E-state index contributed by atoms with van der Waals surface area (Å²) < 4.78 is 16.6. The first-order valence-corrected chi connectivity index (χ1v) is 11.6. The van der Waals surface area contributed by atoms with Crippen LogP contribution < -0.4 is 14.8 Å². The fourth-order valence-electron chi connectivity index (χ4n) is 4.92. The molecule has 1 aliphatic heterocycles. The van der Waals surface area contributed by atoms with Crippen molar-refractivity contribution in [3.63, 3.8) is 0 Å². The molecule has 1 N–H and O–H groups in total. The Morgan fingerprint density at radius 1 is 1.03 bits per heavy atom. The number of nitrogens with one attached hydrogen (secondary N) is 1. The summed E-state index contributed by atoms with van der Waals surface area (Å²) in [6, 6.07) is 15.5. The van der Waals surface area contributed by atoms with Gasteiger partial charge >= 0.3 is 5.97 Å². The van der Waals surface area contributed by atoms with Crippen LogP contribution in [0, 0.1) is 0 Å². The highest BCUT2D eigenvalue weighted by Crippen LogP contribution is 2.48. The number of rotatable bonds is 6. The first-order chi connectivity index (χ1) is 16.3. The number of benzene rings is 2. The van der Waals surface area contributed by atoms with Crippen molar-refractivity contribution in [3.8, 4) is 11.5 Å². The number of Topliss-reactive ketones (excluding diaryl/α,β-unsaturated/α-hetero) is 1. The second-order valence-corrected chi connectivity index (χ2v) is 8.99. The van der Waals surface area contributed by atoms with E-state index in [2.05, 4.69) is 17.4 Å². The molecule has 2 atom stereocenters. The van der Waals surface area contributed by atoms with Crippen LogP contribution in [0.1, 0.15) is 56.6 Å². The third kappa shape index (κ3) is 4.45. The highest BCUT2D eigenvalue weighted by atomic mass is 16.5. The van der Waals surface area contributed by atoms with Gasteiger partial charge in [0, 0.05) is 35.0 Å². The highest BCUT2D eigenvalue weighted by Gasteiger charge is 2.42. The molecule has 2 aliphatic rings. The van der Waals surface area contributed by atoms with Crippen LogP contribution in [0.5, 0.6) is 11.5 Å². The average Bonchev–Trinajstić information content (AvgIpc) is 2.82. The van der Waals surface area contributed by atoms with Gasteiger partial charge < -0.3 is 19.5 Å². The second kappa shape index (κ2) is 9.75. The van der Waals surface area contributed by atoms with Crippen molar-refractivity contribution < 1.29 is 23.8 Å². The normalized spacial score (nSPS) is 20.1. The number of hydrogen-bond donors (Lipinski definition) is 1. The lowest BCUT2D eigenvalue weighted by atomic mass is 9.71. The van der Waals surface area contributed by atoms with Gasteiger partial charge in [-0.25, -0.2) is 4.79 Å². The Morgan fingerprint density at radius 3 is 2.41 bits per heavy atom. The molecule has 0 radical (unpaired) electrons. The van der Waals surface area contributed by atoms with Crippen LogP contribution in [0.15, 0.2) is 71.1 Å². The first kappa shape index (κ1) is 23.6. The highest BCUT2D eigenvalue weighted by molar-refractivity contribution is 6.04. The maximum atomic E-state index is 13.7. The van der Waals surface area contributed by atoms with E-state index in [0.717, 1.165) is 16.8 Å². The molecular formula is C28H31NO5. The molecule has 4 rings (SSSR count). The van der Waals surface area contributed by atoms with Crippen LogP contribution in [0.25, 0.3) is 0 Å². The molecule has 1 heterocycles. The standard InChI is InChI=1S/C28H31NO5/c1-16(2)34-28(31)25-17(3)29-22-13-19(18-9-7-6-8-10-18)14-23(30)27(22)26(25)21-12-11-20(32-4)15-24(21)33-5/h6-12,15-16,19,26,29H,13-14H2,1-5H3. The Morgan fingerprint density at radius 2 is 1.76 bits per heavy atom. The van der Waals surface area contributed by atoms with Gasteiger partial charge in [-0.05, 0) is 44.7 Å². The van der Waals surface area contributed by atoms with Crippen molar-refractivity contribution in [1.82, 2.24) is 5.32 Å². The predicted molar refractivity (Wildman–Crippen MR) is 130 cm³/mol. The van der Waals surface area contributed by atoms with Gasteiger partial charge in [-0.2, -0.15) is 0 Å². The fourth-order valence-corrected chi connectivity index (χ4v) is 4.92. The number of methoxy groups -OCH3 is 2. The van der Waals surface area contributed by atoms with Crippen LogP contribution in [0.2, 0.25) is 0 Å². The van der Waals surface area contributed by atoms with E-state index in [1.807, 2.05) is 51.1 Å². The summed E-state index contributed by atoms with van der Waals surface area (Å²) in [6.45, 7) is 5.49. The fraction of sp³-hybridized carbons (Fsp3) is 0.357. The van der Waals surface area contributed by atoms with Gasteiger partial charge in [-0.15, -0.1) is 0 Å². The zero-order valence-electron chi connectivity index (χ0n) is 20.3. The molecule has 1 aliphatic carbocycles. The zero-order valence-corrected chi connectivity index (χ0v) is 20.3. The van der Waals surface area contributed by atoms with Gasteiger partial charge in [-0.3, -0.25) is 4.79 Å². The molecule has 6 heteroatoms. The number of allylic oxidation sites excluding steroid dienone is 3. The topological polar surface area (TPSA) is 73.9 Å². The van der Waals surface area contributed by atoms with Gasteiger partial charge in [0.15, 0.2) is 5.78 Å². The lowest BCUT2D eigenvalue weighted by Gasteiger charge is -2.37. The van der Waals surface area contributed by atoms with E-state index in [4.69, 9.17) is 14.2 Å². The second-order valence-electron chi connectivity index (χ2n) is 8.99. The number of esters is 1. The molecule has 6 nitrogen and oxygen atoms in total. The summed E-state index contributed by atoms with van der Waals surface area (Å²) in [5.74, 6) is 0.261. The molecule has 0 amide bonds. The predicted octanol–water partition coefficient (Wildman–Crippen LogP) is 5.02. The molecule has 0 aromatic heterocycles. The molecular weight excluding hydrogens is 430 g/mol. The third-order valence-corrected chi connectivity index (χ3v) is 6.41. The van der Waals surface area contributed by atoms with Gasteiger partial charge in [-0.1, -0.05) is 36.4 Å². The minimum absolute atomic E-state index is 0.0211. The number of carbonyl (C=O) groups excluding carboxylic acids is 2. The molecule has 0 saturated carbocycles. The smallest absolute Gasteiger partial charge is 0.337 e. The van der Waals surface area contributed by atoms with Gasteiger partial charge in [0.1, 0.15) is 11.5 Å². The summed E-state index contributed by atoms with van der Waals surface area (Å²) in [5.41, 5.74) is 4.45. The lowest BCUT2D eigenvalue weighted by molar-refractivity contribution is -0.143. The SMILES string of the molecule is COc1ccc(C2C(C(=O)OC(C)C)=C(C)NC3=C2C(=O)CC(c2ccccc2)C3)c(OC)c1. The minimum atomic E-state index is -0.590.